The number of anilines is 1. The highest BCUT2D eigenvalue weighted by molar-refractivity contribution is 9.10. The van der Waals surface area contributed by atoms with Crippen LogP contribution < -0.4 is 4.90 Å². The number of aliphatic carboxylic acids is 1. The van der Waals surface area contributed by atoms with E-state index in [9.17, 15) is 15.2 Å². The van der Waals surface area contributed by atoms with Gasteiger partial charge in [0.2, 0.25) is 0 Å². The highest BCUT2D eigenvalue weighted by Crippen LogP contribution is 2.42. The fourth-order valence-corrected chi connectivity index (χ4v) is 3.94. The van der Waals surface area contributed by atoms with E-state index in [0.29, 0.717) is 21.4 Å². The molecule has 1 atom stereocenters. The highest BCUT2D eigenvalue weighted by Gasteiger charge is 2.36. The van der Waals surface area contributed by atoms with Crippen LogP contribution in [0.15, 0.2) is 4.47 Å². The number of carbonyl (C=O) groups is 1. The zero-order valence-electron chi connectivity index (χ0n) is 16.9. The van der Waals surface area contributed by atoms with E-state index in [1.54, 1.807) is 6.92 Å². The van der Waals surface area contributed by atoms with Crippen LogP contribution in [0.25, 0.3) is 0 Å². The number of halogens is 1. The Balaban J connectivity index is 2.64. The van der Waals surface area contributed by atoms with Crippen LogP contribution in [-0.2, 0) is 9.53 Å². The summed E-state index contributed by atoms with van der Waals surface area (Å²) in [5, 5.41) is 19.4. The molecule has 7 heteroatoms. The Morgan fingerprint density at radius 2 is 1.93 bits per heavy atom. The first-order valence-corrected chi connectivity index (χ1v) is 9.91. The molecule has 0 unspecified atom stereocenters. The van der Waals surface area contributed by atoms with E-state index in [0.717, 1.165) is 25.9 Å². The number of rotatable bonds is 4. The molecule has 2 rings (SSSR count). The van der Waals surface area contributed by atoms with Crippen molar-refractivity contribution in [2.45, 2.75) is 66.1 Å². The maximum atomic E-state index is 12.1. The number of nitrogens with zero attached hydrogens (tertiary/aromatic N) is 3. The van der Waals surface area contributed by atoms with Gasteiger partial charge in [-0.05, 0) is 61.9 Å². The normalized spacial score (nSPS) is 18.1. The zero-order valence-corrected chi connectivity index (χ0v) is 18.5. The molecule has 0 radical (unpaired) electrons. The van der Waals surface area contributed by atoms with Crippen molar-refractivity contribution in [3.05, 3.63) is 21.4 Å². The van der Waals surface area contributed by atoms with Gasteiger partial charge < -0.3 is 14.7 Å². The lowest BCUT2D eigenvalue weighted by atomic mass is 9.82. The van der Waals surface area contributed by atoms with Crippen LogP contribution in [0.2, 0.25) is 0 Å². The van der Waals surface area contributed by atoms with E-state index in [2.05, 4.69) is 45.7 Å². The van der Waals surface area contributed by atoms with Gasteiger partial charge in [-0.25, -0.2) is 9.78 Å². The molecule has 148 valence electrons. The third-order valence-corrected chi connectivity index (χ3v) is 5.59. The van der Waals surface area contributed by atoms with Gasteiger partial charge >= 0.3 is 5.97 Å². The molecule has 1 N–H and O–H groups in total. The number of carboxylic acid groups (broad SMARTS) is 1. The maximum absolute atomic E-state index is 12.1. The number of piperidine rings is 1. The van der Waals surface area contributed by atoms with Gasteiger partial charge in [-0.1, -0.05) is 13.8 Å². The second kappa shape index (κ2) is 7.76. The minimum Gasteiger partial charge on any atom is -0.479 e. The highest BCUT2D eigenvalue weighted by atomic mass is 79.9. The lowest BCUT2D eigenvalue weighted by Gasteiger charge is -2.40. The molecule has 0 bridgehead atoms. The van der Waals surface area contributed by atoms with Gasteiger partial charge in [0.25, 0.3) is 0 Å². The molecule has 0 amide bonds. The van der Waals surface area contributed by atoms with Gasteiger partial charge in [-0.2, -0.15) is 5.26 Å². The summed E-state index contributed by atoms with van der Waals surface area (Å²) in [5.41, 5.74) is 1.60. The summed E-state index contributed by atoms with van der Waals surface area (Å²) in [4.78, 5) is 18.6. The summed E-state index contributed by atoms with van der Waals surface area (Å²) in [5.74, 6) is -1.06. The minimum atomic E-state index is -1.16. The maximum Gasteiger partial charge on any atom is 0.337 e. The summed E-state index contributed by atoms with van der Waals surface area (Å²) in [6.07, 6.45) is 0.812. The molecule has 1 fully saturated rings. The molecule has 0 saturated carbocycles. The van der Waals surface area contributed by atoms with Crippen LogP contribution in [0.5, 0.6) is 0 Å². The molecular weight excluding hydrogens is 410 g/mol. The lowest BCUT2D eigenvalue weighted by molar-refractivity contribution is -0.160. The topological polar surface area (TPSA) is 86.5 Å². The van der Waals surface area contributed by atoms with E-state index in [1.165, 1.54) is 0 Å². The molecular formula is C20H28BrN3O3. The van der Waals surface area contributed by atoms with Crippen molar-refractivity contribution in [1.29, 1.82) is 5.26 Å². The number of hydrogen-bond acceptors (Lipinski definition) is 5. The summed E-state index contributed by atoms with van der Waals surface area (Å²) in [6, 6.07) is 2.10. The number of pyridine rings is 1. The molecule has 6 nitrogen and oxygen atoms in total. The average molecular weight is 438 g/mol. The van der Waals surface area contributed by atoms with Gasteiger partial charge in [0.1, 0.15) is 6.07 Å². The SMILES string of the molecule is Cc1nc(C#N)c(Br)c(N2CCC(C)(C)CC2)c1[C@H](OC(C)(C)C)C(=O)O. The molecule has 2 heterocycles. The van der Waals surface area contributed by atoms with Crippen LogP contribution >= 0.6 is 15.9 Å². The molecule has 27 heavy (non-hydrogen) atoms. The van der Waals surface area contributed by atoms with Crippen LogP contribution in [0, 0.1) is 23.7 Å². The fraction of sp³-hybridized carbons (Fsp3) is 0.650. The van der Waals surface area contributed by atoms with Gasteiger partial charge in [0.15, 0.2) is 11.8 Å². The van der Waals surface area contributed by atoms with Gasteiger partial charge in [-0.15, -0.1) is 0 Å². The van der Waals surface area contributed by atoms with Crippen molar-refractivity contribution in [3.8, 4) is 6.07 Å². The number of aryl methyl sites for hydroxylation is 1. The first-order valence-electron chi connectivity index (χ1n) is 9.12. The molecule has 1 aromatic rings. The Morgan fingerprint density at radius 3 is 2.37 bits per heavy atom. The number of ether oxygens (including phenoxy) is 1. The number of carboxylic acids is 1. The molecule has 1 aliphatic rings. The fourth-order valence-electron chi connectivity index (χ4n) is 3.30. The van der Waals surface area contributed by atoms with Crippen LogP contribution in [0.4, 0.5) is 5.69 Å². The van der Waals surface area contributed by atoms with Crippen LogP contribution in [0.1, 0.15) is 70.5 Å². The number of hydrogen-bond donors (Lipinski definition) is 1. The van der Waals surface area contributed by atoms with Crippen molar-refractivity contribution in [1.82, 2.24) is 4.98 Å². The molecule has 0 aliphatic carbocycles. The summed E-state index contributed by atoms with van der Waals surface area (Å²) in [7, 11) is 0. The predicted molar refractivity (Wildman–Crippen MR) is 108 cm³/mol. The van der Waals surface area contributed by atoms with Crippen molar-refractivity contribution in [3.63, 3.8) is 0 Å². The van der Waals surface area contributed by atoms with Crippen molar-refractivity contribution in [2.24, 2.45) is 5.41 Å². The minimum absolute atomic E-state index is 0.247. The largest absolute Gasteiger partial charge is 0.479 e. The molecule has 0 aromatic carbocycles. The second-order valence-corrected chi connectivity index (χ2v) is 9.63. The van der Waals surface area contributed by atoms with E-state index >= 15 is 0 Å². The molecule has 1 saturated heterocycles. The van der Waals surface area contributed by atoms with Gasteiger partial charge in [0.05, 0.1) is 15.8 Å². The van der Waals surface area contributed by atoms with Crippen molar-refractivity contribution in [2.75, 3.05) is 18.0 Å². The van der Waals surface area contributed by atoms with E-state index < -0.39 is 17.7 Å². The zero-order chi connectivity index (χ0) is 20.6. The molecule has 1 aliphatic heterocycles. The number of nitriles is 1. The first-order chi connectivity index (χ1) is 12.4. The Labute approximate surface area is 169 Å². The molecule has 1 aromatic heterocycles. The lowest BCUT2D eigenvalue weighted by Crippen LogP contribution is -2.39. The number of aromatic nitrogens is 1. The van der Waals surface area contributed by atoms with E-state index in [4.69, 9.17) is 4.74 Å². The van der Waals surface area contributed by atoms with Gasteiger partial charge in [-0.3, -0.25) is 0 Å². The quantitative estimate of drug-likeness (QED) is 0.740. The summed E-state index contributed by atoms with van der Waals surface area (Å²) in [6.45, 7) is 13.3. The molecule has 0 spiro atoms. The van der Waals surface area contributed by atoms with Gasteiger partial charge in [0, 0.05) is 24.3 Å². The van der Waals surface area contributed by atoms with E-state index in [-0.39, 0.29) is 11.1 Å². The standard InChI is InChI=1S/C20H28BrN3O3/c1-12-14(17(18(25)26)27-19(2,3)4)16(15(21)13(11-22)23-12)24-9-7-20(5,6)8-10-24/h17H,7-10H2,1-6H3,(H,25,26)/t17-/m0/s1. The predicted octanol–water partition coefficient (Wildman–Crippen LogP) is 4.59. The Kier molecular flexibility index (Phi) is 6.23. The van der Waals surface area contributed by atoms with Crippen LogP contribution in [-0.4, -0.2) is 34.8 Å². The summed E-state index contributed by atoms with van der Waals surface area (Å²) >= 11 is 3.51. The Bertz CT molecular complexity index is 768. The average Bonchev–Trinajstić information content (AvgIpc) is 2.54. The smallest absolute Gasteiger partial charge is 0.337 e. The monoisotopic (exact) mass is 437 g/mol. The Hall–Kier alpha value is -1.65. The van der Waals surface area contributed by atoms with Crippen molar-refractivity contribution < 1.29 is 14.6 Å². The van der Waals surface area contributed by atoms with Crippen LogP contribution in [0.3, 0.4) is 0 Å². The Morgan fingerprint density at radius 1 is 1.37 bits per heavy atom. The third-order valence-electron chi connectivity index (χ3n) is 4.84. The summed E-state index contributed by atoms with van der Waals surface area (Å²) < 4.78 is 6.43. The first kappa shape index (κ1) is 21.6. The van der Waals surface area contributed by atoms with E-state index in [1.807, 2.05) is 20.8 Å². The van der Waals surface area contributed by atoms with Crippen molar-refractivity contribution >= 4 is 27.6 Å². The third kappa shape index (κ3) is 4.99. The second-order valence-electron chi connectivity index (χ2n) is 8.83.